The molecule has 0 spiro atoms. The number of carbonyl (C=O) groups excluding carboxylic acids is 4. The molecule has 4 rings (SSSR count). The zero-order chi connectivity index (χ0) is 28.0. The van der Waals surface area contributed by atoms with Crippen molar-refractivity contribution in [2.24, 2.45) is 35.0 Å². The summed E-state index contributed by atoms with van der Waals surface area (Å²) in [4.78, 5) is 54.7. The van der Waals surface area contributed by atoms with E-state index >= 15 is 0 Å². The predicted octanol–water partition coefficient (Wildman–Crippen LogP) is 1.13. The molecule has 10 nitrogen and oxygen atoms in total. The van der Waals surface area contributed by atoms with Crippen LogP contribution in [0.15, 0.2) is 12.2 Å². The number of nitrogens with one attached hydrogen (secondary N) is 3. The van der Waals surface area contributed by atoms with Gasteiger partial charge < -0.3 is 25.6 Å². The van der Waals surface area contributed by atoms with Gasteiger partial charge in [0.2, 0.25) is 17.7 Å². The van der Waals surface area contributed by atoms with Gasteiger partial charge >= 0.3 is 0 Å². The van der Waals surface area contributed by atoms with Crippen LogP contribution in [0.1, 0.15) is 53.9 Å². The summed E-state index contributed by atoms with van der Waals surface area (Å²) in [6.07, 6.45) is 6.17. The van der Waals surface area contributed by atoms with E-state index in [-0.39, 0.29) is 47.8 Å². The van der Waals surface area contributed by atoms with Crippen molar-refractivity contribution < 1.29 is 23.9 Å². The number of carbonyl (C=O) groups is 4. The van der Waals surface area contributed by atoms with E-state index in [4.69, 9.17) is 4.74 Å². The molecular weight excluding hydrogens is 486 g/mol. The molecule has 0 radical (unpaired) electrons. The second kappa shape index (κ2) is 10.3. The number of likely N-dealkylation sites (tertiary alicyclic amines) is 1. The normalized spacial score (nSPS) is 31.4. The minimum atomic E-state index is -1.13. The first kappa shape index (κ1) is 28.1. The van der Waals surface area contributed by atoms with Crippen molar-refractivity contribution in [2.45, 2.75) is 77.6 Å². The van der Waals surface area contributed by atoms with Crippen molar-refractivity contribution >= 4 is 23.6 Å². The fourth-order valence-electron chi connectivity index (χ4n) is 6.55. The molecule has 4 aliphatic rings. The Kier molecular flexibility index (Phi) is 7.63. The van der Waals surface area contributed by atoms with E-state index in [9.17, 15) is 24.4 Å². The van der Waals surface area contributed by atoms with Gasteiger partial charge in [0, 0.05) is 26.1 Å². The molecule has 10 heteroatoms. The largest absolute Gasteiger partial charge is 0.369 e. The molecule has 1 saturated carbocycles. The summed E-state index contributed by atoms with van der Waals surface area (Å²) in [5.74, 6) is -0.898. The maximum atomic E-state index is 14.2. The first-order chi connectivity index (χ1) is 17.8. The molecular formula is C28H41N5O5. The lowest BCUT2D eigenvalue weighted by Gasteiger charge is -2.38. The Balaban J connectivity index is 1.58. The average molecular weight is 528 g/mol. The second-order valence-electron chi connectivity index (χ2n) is 12.8. The molecule has 0 aromatic rings. The summed E-state index contributed by atoms with van der Waals surface area (Å²) in [6.45, 7) is 9.91. The molecule has 0 aromatic carbocycles. The van der Waals surface area contributed by atoms with E-state index in [0.29, 0.717) is 25.4 Å². The number of ether oxygens (including phenoxy) is 1. The van der Waals surface area contributed by atoms with Gasteiger partial charge in [0.05, 0.1) is 6.07 Å². The standard InChI is InChI=1S/C28H41N5O5/c1-27(2,3)22(32-26(37)28(4,5)38-6)25(36)33-14-19-15-7-8-16(11-15)20(19)21(33)24(35)31-18(13-29)12-17-9-10-30-23(17)34/h7-8,15-22H,9-12,14H2,1-6H3,(H,30,34)(H,31,35)(H,32,37). The van der Waals surface area contributed by atoms with Crippen LogP contribution < -0.4 is 16.0 Å². The molecule has 208 valence electrons. The minimum Gasteiger partial charge on any atom is -0.369 e. The molecule has 2 bridgehead atoms. The van der Waals surface area contributed by atoms with Crippen molar-refractivity contribution in [2.75, 3.05) is 20.2 Å². The summed E-state index contributed by atoms with van der Waals surface area (Å²) >= 11 is 0. The first-order valence-electron chi connectivity index (χ1n) is 13.6. The molecule has 3 N–H and O–H groups in total. The zero-order valence-electron chi connectivity index (χ0n) is 23.2. The Bertz CT molecular complexity index is 1060. The summed E-state index contributed by atoms with van der Waals surface area (Å²) in [7, 11) is 1.44. The lowest BCUT2D eigenvalue weighted by atomic mass is 9.81. The van der Waals surface area contributed by atoms with Crippen LogP contribution >= 0.6 is 0 Å². The number of fused-ring (bicyclic) bond motifs is 5. The number of allylic oxidation sites excluding steroid dienone is 2. The molecule has 0 aromatic heterocycles. The van der Waals surface area contributed by atoms with Crippen molar-refractivity contribution in [3.05, 3.63) is 12.2 Å². The second-order valence-corrected chi connectivity index (χ2v) is 12.8. The van der Waals surface area contributed by atoms with Gasteiger partial charge in [-0.25, -0.2) is 0 Å². The van der Waals surface area contributed by atoms with Crippen LogP contribution in [0.4, 0.5) is 0 Å². The highest BCUT2D eigenvalue weighted by Crippen LogP contribution is 2.54. The quantitative estimate of drug-likeness (QED) is 0.404. The molecule has 38 heavy (non-hydrogen) atoms. The predicted molar refractivity (Wildman–Crippen MR) is 139 cm³/mol. The van der Waals surface area contributed by atoms with Gasteiger partial charge in [0.15, 0.2) is 0 Å². The fourth-order valence-corrected chi connectivity index (χ4v) is 6.55. The molecule has 2 aliphatic heterocycles. The van der Waals surface area contributed by atoms with E-state index in [1.165, 1.54) is 7.11 Å². The van der Waals surface area contributed by atoms with Gasteiger partial charge in [-0.1, -0.05) is 32.9 Å². The average Bonchev–Trinajstić information content (AvgIpc) is 3.63. The van der Waals surface area contributed by atoms with Gasteiger partial charge in [-0.2, -0.15) is 5.26 Å². The van der Waals surface area contributed by atoms with Gasteiger partial charge in [-0.3, -0.25) is 19.2 Å². The highest BCUT2D eigenvalue weighted by Gasteiger charge is 2.59. The Morgan fingerprint density at radius 1 is 1.18 bits per heavy atom. The monoisotopic (exact) mass is 527 g/mol. The third kappa shape index (κ3) is 5.18. The molecule has 3 fully saturated rings. The SMILES string of the molecule is COC(C)(C)C(=O)NC(C(=O)N1CC2C3C=CC(C3)C2C1C(=O)NC(C#N)CC1CCNC1=O)C(C)(C)C. The van der Waals surface area contributed by atoms with Crippen molar-refractivity contribution in [3.63, 3.8) is 0 Å². The van der Waals surface area contributed by atoms with Crippen LogP contribution in [-0.4, -0.2) is 72.5 Å². The van der Waals surface area contributed by atoms with Gasteiger partial charge in [0.25, 0.3) is 5.91 Å². The van der Waals surface area contributed by atoms with Crippen LogP contribution in [0.5, 0.6) is 0 Å². The van der Waals surface area contributed by atoms with Gasteiger partial charge in [0.1, 0.15) is 23.7 Å². The molecule has 2 heterocycles. The number of nitriles is 1. The Hall–Kier alpha value is -2.93. The molecule has 2 aliphatic carbocycles. The number of nitrogens with zero attached hydrogens (tertiary/aromatic N) is 2. The van der Waals surface area contributed by atoms with Gasteiger partial charge in [-0.15, -0.1) is 0 Å². The Morgan fingerprint density at radius 2 is 1.87 bits per heavy atom. The summed E-state index contributed by atoms with van der Waals surface area (Å²) < 4.78 is 5.32. The number of hydrogen-bond donors (Lipinski definition) is 3. The van der Waals surface area contributed by atoms with Crippen molar-refractivity contribution in [1.82, 2.24) is 20.9 Å². The van der Waals surface area contributed by atoms with Gasteiger partial charge in [-0.05, 0) is 62.2 Å². The van der Waals surface area contributed by atoms with Crippen molar-refractivity contribution in [1.29, 1.82) is 5.26 Å². The smallest absolute Gasteiger partial charge is 0.252 e. The number of methoxy groups -OCH3 is 1. The number of hydrogen-bond acceptors (Lipinski definition) is 6. The lowest BCUT2D eigenvalue weighted by Crippen LogP contribution is -2.61. The molecule has 8 unspecified atom stereocenters. The summed E-state index contributed by atoms with van der Waals surface area (Å²) in [5, 5.41) is 18.3. The van der Waals surface area contributed by atoms with Crippen molar-refractivity contribution in [3.8, 4) is 6.07 Å². The first-order valence-corrected chi connectivity index (χ1v) is 13.6. The van der Waals surface area contributed by atoms with Crippen LogP contribution in [0.3, 0.4) is 0 Å². The highest BCUT2D eigenvalue weighted by molar-refractivity contribution is 5.95. The molecule has 2 saturated heterocycles. The van der Waals surface area contributed by atoms with E-state index in [1.807, 2.05) is 20.8 Å². The Morgan fingerprint density at radius 3 is 2.45 bits per heavy atom. The summed E-state index contributed by atoms with van der Waals surface area (Å²) in [6, 6.07) is -0.323. The highest BCUT2D eigenvalue weighted by atomic mass is 16.5. The van der Waals surface area contributed by atoms with E-state index in [0.717, 1.165) is 6.42 Å². The maximum Gasteiger partial charge on any atom is 0.252 e. The number of rotatable bonds is 8. The molecule has 8 atom stereocenters. The van der Waals surface area contributed by atoms with Crippen LogP contribution in [0, 0.1) is 46.3 Å². The third-order valence-corrected chi connectivity index (χ3v) is 8.95. The zero-order valence-corrected chi connectivity index (χ0v) is 23.2. The van der Waals surface area contributed by atoms with E-state index in [1.54, 1.807) is 18.7 Å². The third-order valence-electron chi connectivity index (χ3n) is 8.95. The van der Waals surface area contributed by atoms with Crippen LogP contribution in [0.2, 0.25) is 0 Å². The molecule has 4 amide bonds. The lowest BCUT2D eigenvalue weighted by molar-refractivity contribution is -0.149. The van der Waals surface area contributed by atoms with Crippen LogP contribution in [-0.2, 0) is 23.9 Å². The minimum absolute atomic E-state index is 0.0465. The number of amides is 4. The topological polar surface area (TPSA) is 141 Å². The Labute approximate surface area is 224 Å². The van der Waals surface area contributed by atoms with E-state index in [2.05, 4.69) is 34.2 Å². The fraction of sp³-hybridized carbons (Fsp3) is 0.750. The van der Waals surface area contributed by atoms with Crippen LogP contribution in [0.25, 0.3) is 0 Å². The summed E-state index contributed by atoms with van der Waals surface area (Å²) in [5.41, 5.74) is -1.75. The van der Waals surface area contributed by atoms with E-state index < -0.39 is 35.0 Å². The maximum absolute atomic E-state index is 14.2.